The van der Waals surface area contributed by atoms with Crippen molar-refractivity contribution in [2.75, 3.05) is 11.4 Å². The maximum Gasteiger partial charge on any atom is 0.161 e. The summed E-state index contributed by atoms with van der Waals surface area (Å²) in [6.07, 6.45) is 1.05. The first kappa shape index (κ1) is 15.3. The number of hydrogen-bond donors (Lipinski definition) is 0. The van der Waals surface area contributed by atoms with Gasteiger partial charge in [0.05, 0.1) is 11.6 Å². The number of ketones is 1. The minimum Gasteiger partial charge on any atom is -0.368 e. The Hall–Kier alpha value is -2.60. The van der Waals surface area contributed by atoms with Gasteiger partial charge in [-0.3, -0.25) is 4.79 Å². The van der Waals surface area contributed by atoms with E-state index in [0.717, 1.165) is 18.7 Å². The van der Waals surface area contributed by atoms with E-state index in [0.29, 0.717) is 23.1 Å². The minimum absolute atomic E-state index is 0.0415. The van der Waals surface area contributed by atoms with Crippen LogP contribution in [0.4, 0.5) is 5.69 Å². The summed E-state index contributed by atoms with van der Waals surface area (Å²) in [5.74, 6) is 0.497. The van der Waals surface area contributed by atoms with Crippen molar-refractivity contribution in [2.24, 2.45) is 0 Å². The largest absolute Gasteiger partial charge is 0.368 e. The summed E-state index contributed by atoms with van der Waals surface area (Å²) < 4.78 is 0. The zero-order chi connectivity index (χ0) is 16.4. The number of rotatable bonds is 3. The van der Waals surface area contributed by atoms with Gasteiger partial charge < -0.3 is 4.90 Å². The molecule has 1 aliphatic heterocycles. The number of anilines is 1. The van der Waals surface area contributed by atoms with Gasteiger partial charge in [-0.1, -0.05) is 30.3 Å². The first-order valence-electron chi connectivity index (χ1n) is 7.97. The fourth-order valence-corrected chi connectivity index (χ4v) is 3.47. The summed E-state index contributed by atoms with van der Waals surface area (Å²) in [6, 6.07) is 18.4. The minimum atomic E-state index is 0.0415. The highest BCUT2D eigenvalue weighted by atomic mass is 16.1. The molecule has 116 valence electrons. The Morgan fingerprint density at radius 2 is 1.96 bits per heavy atom. The lowest BCUT2D eigenvalue weighted by Crippen LogP contribution is -2.28. The van der Waals surface area contributed by atoms with Gasteiger partial charge in [-0.2, -0.15) is 5.26 Å². The third-order valence-corrected chi connectivity index (χ3v) is 4.66. The quantitative estimate of drug-likeness (QED) is 0.800. The van der Waals surface area contributed by atoms with Crippen LogP contribution in [-0.2, 0) is 0 Å². The van der Waals surface area contributed by atoms with Crippen molar-refractivity contribution < 1.29 is 4.79 Å². The average molecular weight is 304 g/mol. The van der Waals surface area contributed by atoms with Crippen molar-refractivity contribution in [3.8, 4) is 6.07 Å². The number of carbonyl (C=O) groups excluding carboxylic acids is 1. The van der Waals surface area contributed by atoms with Gasteiger partial charge in [-0.25, -0.2) is 0 Å². The second-order valence-corrected chi connectivity index (χ2v) is 6.24. The van der Waals surface area contributed by atoms with E-state index in [-0.39, 0.29) is 5.78 Å². The highest BCUT2D eigenvalue weighted by molar-refractivity contribution is 6.00. The number of benzene rings is 2. The standard InChI is InChI=1S/C20H20N2O/c1-14-10-18(17-6-4-3-5-7-17)13-22(14)20-11-16(12-21)8-9-19(20)15(2)23/h3-9,11,14,18H,10,13H2,1-2H3. The summed E-state index contributed by atoms with van der Waals surface area (Å²) in [7, 11) is 0. The Labute approximate surface area is 137 Å². The topological polar surface area (TPSA) is 44.1 Å². The van der Waals surface area contributed by atoms with Crippen LogP contribution < -0.4 is 4.90 Å². The maximum atomic E-state index is 12.0. The van der Waals surface area contributed by atoms with E-state index in [2.05, 4.69) is 42.2 Å². The Morgan fingerprint density at radius 3 is 2.61 bits per heavy atom. The van der Waals surface area contributed by atoms with Crippen LogP contribution >= 0.6 is 0 Å². The molecule has 0 aromatic heterocycles. The first-order chi connectivity index (χ1) is 11.1. The summed E-state index contributed by atoms with van der Waals surface area (Å²) >= 11 is 0. The van der Waals surface area contributed by atoms with E-state index in [4.69, 9.17) is 0 Å². The van der Waals surface area contributed by atoms with Crippen LogP contribution in [0.15, 0.2) is 48.5 Å². The molecular formula is C20H20N2O. The summed E-state index contributed by atoms with van der Waals surface area (Å²) in [5, 5.41) is 9.18. The van der Waals surface area contributed by atoms with Crippen molar-refractivity contribution >= 4 is 11.5 Å². The van der Waals surface area contributed by atoms with Crippen LogP contribution in [0, 0.1) is 11.3 Å². The fraction of sp³-hybridized carbons (Fsp3) is 0.300. The molecule has 2 aromatic rings. The molecule has 0 bridgehead atoms. The van der Waals surface area contributed by atoms with Gasteiger partial charge in [0.15, 0.2) is 5.78 Å². The van der Waals surface area contributed by atoms with Crippen LogP contribution in [0.2, 0.25) is 0 Å². The van der Waals surface area contributed by atoms with E-state index >= 15 is 0 Å². The molecule has 1 saturated heterocycles. The van der Waals surface area contributed by atoms with Crippen LogP contribution in [0.5, 0.6) is 0 Å². The highest BCUT2D eigenvalue weighted by Gasteiger charge is 2.31. The molecule has 23 heavy (non-hydrogen) atoms. The average Bonchev–Trinajstić information content (AvgIpc) is 2.96. The van der Waals surface area contributed by atoms with E-state index < -0.39 is 0 Å². The van der Waals surface area contributed by atoms with Gasteiger partial charge in [0.1, 0.15) is 0 Å². The smallest absolute Gasteiger partial charge is 0.161 e. The van der Waals surface area contributed by atoms with E-state index in [1.165, 1.54) is 5.56 Å². The number of hydrogen-bond acceptors (Lipinski definition) is 3. The molecule has 0 amide bonds. The Balaban J connectivity index is 1.96. The lowest BCUT2D eigenvalue weighted by Gasteiger charge is -2.26. The zero-order valence-electron chi connectivity index (χ0n) is 13.5. The molecule has 1 aliphatic rings. The molecule has 2 unspecified atom stereocenters. The molecule has 1 fully saturated rings. The van der Waals surface area contributed by atoms with Crippen LogP contribution in [0.3, 0.4) is 0 Å². The van der Waals surface area contributed by atoms with Crippen molar-refractivity contribution in [3.63, 3.8) is 0 Å². The van der Waals surface area contributed by atoms with Crippen LogP contribution in [0.1, 0.15) is 47.7 Å². The van der Waals surface area contributed by atoms with Crippen LogP contribution in [-0.4, -0.2) is 18.4 Å². The lowest BCUT2D eigenvalue weighted by atomic mass is 9.97. The van der Waals surface area contributed by atoms with Crippen molar-refractivity contribution in [3.05, 3.63) is 65.2 Å². The third kappa shape index (κ3) is 2.98. The monoisotopic (exact) mass is 304 g/mol. The maximum absolute atomic E-state index is 12.0. The Morgan fingerprint density at radius 1 is 1.22 bits per heavy atom. The van der Waals surface area contributed by atoms with Gasteiger partial charge in [0, 0.05) is 29.8 Å². The SMILES string of the molecule is CC(=O)c1ccc(C#N)cc1N1CC(c2ccccc2)CC1C. The number of carbonyl (C=O) groups is 1. The predicted octanol–water partition coefficient (Wildman–Crippen LogP) is 4.14. The molecule has 3 rings (SSSR count). The Kier molecular flexibility index (Phi) is 4.16. The molecule has 3 nitrogen and oxygen atoms in total. The molecule has 0 spiro atoms. The van der Waals surface area contributed by atoms with Gasteiger partial charge in [0.25, 0.3) is 0 Å². The van der Waals surface area contributed by atoms with Crippen LogP contribution in [0.25, 0.3) is 0 Å². The summed E-state index contributed by atoms with van der Waals surface area (Å²) in [6.45, 7) is 4.65. The predicted molar refractivity (Wildman–Crippen MR) is 91.8 cm³/mol. The molecule has 3 heteroatoms. The van der Waals surface area contributed by atoms with Crippen molar-refractivity contribution in [1.29, 1.82) is 5.26 Å². The highest BCUT2D eigenvalue weighted by Crippen LogP contribution is 2.36. The van der Waals surface area contributed by atoms with Crippen molar-refractivity contribution in [2.45, 2.75) is 32.2 Å². The lowest BCUT2D eigenvalue weighted by molar-refractivity contribution is 0.101. The van der Waals surface area contributed by atoms with E-state index in [1.54, 1.807) is 19.1 Å². The molecule has 0 saturated carbocycles. The first-order valence-corrected chi connectivity index (χ1v) is 7.97. The molecule has 1 heterocycles. The molecule has 0 aliphatic carbocycles. The van der Waals surface area contributed by atoms with E-state index in [1.807, 2.05) is 12.1 Å². The molecular weight excluding hydrogens is 284 g/mol. The molecule has 0 radical (unpaired) electrons. The second-order valence-electron chi connectivity index (χ2n) is 6.24. The summed E-state index contributed by atoms with van der Waals surface area (Å²) in [5.41, 5.74) is 3.52. The summed E-state index contributed by atoms with van der Waals surface area (Å²) in [4.78, 5) is 14.2. The third-order valence-electron chi connectivity index (χ3n) is 4.66. The van der Waals surface area contributed by atoms with Gasteiger partial charge >= 0.3 is 0 Å². The fourth-order valence-electron chi connectivity index (χ4n) is 3.47. The number of nitriles is 1. The normalized spacial score (nSPS) is 20.3. The molecule has 2 aromatic carbocycles. The Bertz CT molecular complexity index is 761. The van der Waals surface area contributed by atoms with Gasteiger partial charge in [0.2, 0.25) is 0 Å². The zero-order valence-corrected chi connectivity index (χ0v) is 13.5. The van der Waals surface area contributed by atoms with Crippen molar-refractivity contribution in [1.82, 2.24) is 0 Å². The molecule has 2 atom stereocenters. The van der Waals surface area contributed by atoms with Gasteiger partial charge in [-0.05, 0) is 44.0 Å². The molecule has 0 N–H and O–H groups in total. The number of Topliss-reactive ketones (excluding diaryl/α,β-unsaturated/α-hetero) is 1. The number of nitrogens with zero attached hydrogens (tertiary/aromatic N) is 2. The van der Waals surface area contributed by atoms with E-state index in [9.17, 15) is 10.1 Å². The second kappa shape index (κ2) is 6.26. The van der Waals surface area contributed by atoms with Gasteiger partial charge in [-0.15, -0.1) is 0 Å².